The summed E-state index contributed by atoms with van der Waals surface area (Å²) in [5.41, 5.74) is -0.836. The number of halogens is 3. The Bertz CT molecular complexity index is 1010. The summed E-state index contributed by atoms with van der Waals surface area (Å²) in [5.74, 6) is -0.0912. The highest BCUT2D eigenvalue weighted by atomic mass is 32.2. The molecule has 2 aromatic carbocycles. The monoisotopic (exact) mass is 441 g/mol. The average molecular weight is 441 g/mol. The summed E-state index contributed by atoms with van der Waals surface area (Å²) < 4.78 is 69.3. The van der Waals surface area contributed by atoms with Crippen LogP contribution in [0.15, 0.2) is 58.3 Å². The van der Waals surface area contributed by atoms with E-state index in [0.29, 0.717) is 37.7 Å². The van der Waals surface area contributed by atoms with Crippen molar-refractivity contribution in [3.8, 4) is 0 Å². The van der Waals surface area contributed by atoms with Gasteiger partial charge in [0.05, 0.1) is 20.8 Å². The first-order valence-electron chi connectivity index (χ1n) is 9.40. The van der Waals surface area contributed by atoms with Crippen LogP contribution in [-0.2, 0) is 32.1 Å². The molecule has 5 nitrogen and oxygen atoms in total. The average Bonchev–Trinajstić information content (AvgIpc) is 2.72. The Morgan fingerprint density at radius 3 is 2.30 bits per heavy atom. The predicted octanol–water partition coefficient (Wildman–Crippen LogP) is 3.97. The van der Waals surface area contributed by atoms with Gasteiger partial charge in [0.1, 0.15) is 0 Å². The van der Waals surface area contributed by atoms with Crippen LogP contribution in [0.25, 0.3) is 0 Å². The fourth-order valence-electron chi connectivity index (χ4n) is 3.21. The van der Waals surface area contributed by atoms with E-state index in [9.17, 15) is 26.4 Å². The minimum Gasteiger partial charge on any atom is -0.381 e. The summed E-state index contributed by atoms with van der Waals surface area (Å²) in [7, 11) is -4.10. The molecular weight excluding hydrogens is 419 g/mol. The summed E-state index contributed by atoms with van der Waals surface area (Å²) in [5, 5.41) is 2.85. The number of nitrogens with one attached hydrogen (secondary N) is 1. The summed E-state index contributed by atoms with van der Waals surface area (Å²) in [6, 6.07) is 9.37. The van der Waals surface area contributed by atoms with Gasteiger partial charge in [-0.1, -0.05) is 25.1 Å². The van der Waals surface area contributed by atoms with Gasteiger partial charge in [-0.15, -0.1) is 0 Å². The number of benzene rings is 2. The molecule has 9 heteroatoms. The fraction of sp³-hybridized carbons (Fsp3) is 0.381. The third-order valence-corrected chi connectivity index (χ3v) is 7.07. The molecule has 0 spiro atoms. The van der Waals surface area contributed by atoms with E-state index in [2.05, 4.69) is 5.32 Å². The Balaban J connectivity index is 1.71. The summed E-state index contributed by atoms with van der Waals surface area (Å²) in [6.45, 7) is 3.17. The van der Waals surface area contributed by atoms with Crippen LogP contribution in [-0.4, -0.2) is 27.5 Å². The minimum atomic E-state index is -4.63. The van der Waals surface area contributed by atoms with Crippen LogP contribution >= 0.6 is 0 Å². The normalized spacial score (nSPS) is 16.8. The zero-order valence-electron chi connectivity index (χ0n) is 16.3. The Morgan fingerprint density at radius 1 is 1.07 bits per heavy atom. The lowest BCUT2D eigenvalue weighted by Gasteiger charge is -2.32. The Morgan fingerprint density at radius 2 is 1.70 bits per heavy atom. The number of ether oxygens (including phenoxy) is 1. The van der Waals surface area contributed by atoms with Gasteiger partial charge in [-0.25, -0.2) is 8.42 Å². The molecule has 3 rings (SSSR count). The van der Waals surface area contributed by atoms with Crippen LogP contribution in [0.5, 0.6) is 0 Å². The largest absolute Gasteiger partial charge is 0.416 e. The number of alkyl halides is 3. The molecule has 30 heavy (non-hydrogen) atoms. The van der Waals surface area contributed by atoms with Gasteiger partial charge in [-0.05, 0) is 48.7 Å². The first kappa shape index (κ1) is 22.3. The number of hydrogen-bond acceptors (Lipinski definition) is 4. The van der Waals surface area contributed by atoms with Gasteiger partial charge in [0.2, 0.25) is 15.7 Å². The molecule has 1 amide bonds. The van der Waals surface area contributed by atoms with E-state index in [0.717, 1.165) is 18.2 Å². The number of hydrogen-bond donors (Lipinski definition) is 1. The van der Waals surface area contributed by atoms with Crippen molar-refractivity contribution in [3.05, 3.63) is 59.7 Å². The molecule has 0 radical (unpaired) electrons. The number of carbonyl (C=O) groups is 1. The van der Waals surface area contributed by atoms with Crippen LogP contribution in [0.3, 0.4) is 0 Å². The zero-order valence-corrected chi connectivity index (χ0v) is 17.1. The summed E-state index contributed by atoms with van der Waals surface area (Å²) in [4.78, 5) is 11.9. The molecule has 1 N–H and O–H groups in total. The smallest absolute Gasteiger partial charge is 0.381 e. The van der Waals surface area contributed by atoms with E-state index in [1.807, 2.05) is 6.92 Å². The second kappa shape index (κ2) is 8.39. The van der Waals surface area contributed by atoms with Crippen LogP contribution in [0, 0.1) is 5.41 Å². The first-order chi connectivity index (χ1) is 14.0. The molecule has 0 aromatic heterocycles. The summed E-state index contributed by atoms with van der Waals surface area (Å²) in [6.07, 6.45) is -3.37. The van der Waals surface area contributed by atoms with Gasteiger partial charge in [0, 0.05) is 19.8 Å². The third kappa shape index (κ3) is 4.84. The van der Waals surface area contributed by atoms with E-state index in [4.69, 9.17) is 4.74 Å². The van der Waals surface area contributed by atoms with Crippen molar-refractivity contribution < 1.29 is 31.1 Å². The van der Waals surface area contributed by atoms with E-state index < -0.39 is 31.9 Å². The molecule has 0 unspecified atom stereocenters. The van der Waals surface area contributed by atoms with Crippen molar-refractivity contribution in [2.75, 3.05) is 13.2 Å². The lowest BCUT2D eigenvalue weighted by atomic mass is 9.81. The second-order valence-corrected chi connectivity index (χ2v) is 9.48. The molecule has 2 aromatic rings. The Hall–Kier alpha value is -2.39. The van der Waals surface area contributed by atoms with Crippen LogP contribution in [0.2, 0.25) is 0 Å². The lowest BCUT2D eigenvalue weighted by Crippen LogP contribution is -2.42. The quantitative estimate of drug-likeness (QED) is 0.762. The molecule has 0 aliphatic carbocycles. The van der Waals surface area contributed by atoms with Crippen molar-refractivity contribution in [2.24, 2.45) is 5.41 Å². The second-order valence-electron chi connectivity index (χ2n) is 7.53. The lowest BCUT2D eigenvalue weighted by molar-refractivity contribution is -0.137. The number of amides is 1. The van der Waals surface area contributed by atoms with Gasteiger partial charge < -0.3 is 10.1 Å². The maximum atomic E-state index is 12.9. The predicted molar refractivity (Wildman–Crippen MR) is 103 cm³/mol. The maximum Gasteiger partial charge on any atom is 0.416 e. The molecule has 162 valence electrons. The van der Waals surface area contributed by atoms with Crippen molar-refractivity contribution in [1.82, 2.24) is 5.32 Å². The number of carbonyl (C=O) groups excluding carboxylic acids is 1. The number of sulfone groups is 1. The highest BCUT2D eigenvalue weighted by Gasteiger charge is 2.35. The highest BCUT2D eigenvalue weighted by Crippen LogP contribution is 2.32. The van der Waals surface area contributed by atoms with E-state index in [1.165, 1.54) is 24.3 Å². The molecule has 1 saturated heterocycles. The summed E-state index contributed by atoms with van der Waals surface area (Å²) >= 11 is 0. The van der Waals surface area contributed by atoms with E-state index in [1.54, 1.807) is 0 Å². The van der Waals surface area contributed by atoms with Crippen molar-refractivity contribution >= 4 is 15.7 Å². The molecule has 1 heterocycles. The molecule has 0 saturated carbocycles. The van der Waals surface area contributed by atoms with Crippen molar-refractivity contribution in [3.63, 3.8) is 0 Å². The van der Waals surface area contributed by atoms with Gasteiger partial charge in [-0.3, -0.25) is 4.79 Å². The van der Waals surface area contributed by atoms with Gasteiger partial charge >= 0.3 is 6.18 Å². The van der Waals surface area contributed by atoms with Gasteiger partial charge in [0.15, 0.2) is 0 Å². The van der Waals surface area contributed by atoms with Gasteiger partial charge in [-0.2, -0.15) is 13.2 Å². The third-order valence-electron chi connectivity index (χ3n) is 5.30. The van der Waals surface area contributed by atoms with Crippen LogP contribution < -0.4 is 5.32 Å². The molecule has 1 aliphatic rings. The number of rotatable bonds is 5. The van der Waals surface area contributed by atoms with Gasteiger partial charge in [0.25, 0.3) is 0 Å². The Labute approximate surface area is 173 Å². The minimum absolute atomic E-state index is 0.0912. The Kier molecular flexibility index (Phi) is 6.24. The van der Waals surface area contributed by atoms with Crippen LogP contribution in [0.4, 0.5) is 13.2 Å². The maximum absolute atomic E-state index is 12.9. The topological polar surface area (TPSA) is 72.5 Å². The highest BCUT2D eigenvalue weighted by molar-refractivity contribution is 7.91. The standard InChI is InChI=1S/C21H22F3NO4S/c1-20(9-11-29-12-10-20)19(26)25-14-15-5-7-17(8-6-15)30(27,28)18-4-2-3-16(13-18)21(22,23)24/h2-8,13H,9-12,14H2,1H3,(H,25,26). The molecular formula is C21H22F3NO4S. The molecule has 1 fully saturated rings. The fourth-order valence-corrected chi connectivity index (χ4v) is 4.51. The SMILES string of the molecule is CC1(C(=O)NCc2ccc(S(=O)(=O)c3cccc(C(F)(F)F)c3)cc2)CCOCC1. The van der Waals surface area contributed by atoms with Crippen molar-refractivity contribution in [2.45, 2.75) is 42.3 Å². The molecule has 0 bridgehead atoms. The van der Waals surface area contributed by atoms with E-state index >= 15 is 0 Å². The zero-order chi connectivity index (χ0) is 22.0. The van der Waals surface area contributed by atoms with E-state index in [-0.39, 0.29) is 17.3 Å². The van der Waals surface area contributed by atoms with Crippen molar-refractivity contribution in [1.29, 1.82) is 0 Å². The first-order valence-corrected chi connectivity index (χ1v) is 10.9. The molecule has 0 atom stereocenters. The van der Waals surface area contributed by atoms with Crippen LogP contribution in [0.1, 0.15) is 30.9 Å². The molecule has 1 aliphatic heterocycles.